The van der Waals surface area contributed by atoms with Crippen LogP contribution in [-0.4, -0.2) is 34.1 Å². The van der Waals surface area contributed by atoms with Crippen LogP contribution in [0.5, 0.6) is 0 Å². The summed E-state index contributed by atoms with van der Waals surface area (Å²) in [6, 6.07) is 0.681. The van der Waals surface area contributed by atoms with Crippen molar-refractivity contribution in [1.82, 2.24) is 15.0 Å². The Morgan fingerprint density at radius 1 is 1.28 bits per heavy atom. The topological polar surface area (TPSA) is 89.8 Å². The summed E-state index contributed by atoms with van der Waals surface area (Å²) < 4.78 is 0. The lowest BCUT2D eigenvalue weighted by atomic mass is 10.4. The smallest absolute Gasteiger partial charge is 0.245 e. The summed E-state index contributed by atoms with van der Waals surface area (Å²) >= 11 is 0. The normalized spacial score (nSPS) is 14.2. The van der Waals surface area contributed by atoms with Crippen LogP contribution in [0.15, 0.2) is 0 Å². The molecule has 2 rings (SSSR count). The zero-order valence-corrected chi connectivity index (χ0v) is 10.8. The molecule has 2 N–H and O–H groups in total. The molecule has 0 atom stereocenters. The minimum atomic E-state index is 0.224. The first-order valence-corrected chi connectivity index (χ1v) is 6.01. The monoisotopic (exact) mass is 247 g/mol. The Kier molecular flexibility index (Phi) is 3.46. The predicted molar refractivity (Wildman–Crippen MR) is 69.2 cm³/mol. The molecule has 0 spiro atoms. The molecule has 0 radical (unpaired) electrons. The van der Waals surface area contributed by atoms with E-state index < -0.39 is 0 Å². The maximum Gasteiger partial charge on any atom is 0.245 e. The fourth-order valence-corrected chi connectivity index (χ4v) is 1.36. The van der Waals surface area contributed by atoms with Crippen LogP contribution in [0.4, 0.5) is 17.8 Å². The number of nitrogens with one attached hydrogen (secondary N) is 2. The molecular weight excluding hydrogens is 230 g/mol. The van der Waals surface area contributed by atoms with Gasteiger partial charge in [-0.3, -0.25) is 4.90 Å². The summed E-state index contributed by atoms with van der Waals surface area (Å²) in [4.78, 5) is 14.0. The van der Waals surface area contributed by atoms with Gasteiger partial charge in [0, 0.05) is 19.1 Å². The highest BCUT2D eigenvalue weighted by Crippen LogP contribution is 2.24. The lowest BCUT2D eigenvalue weighted by molar-refractivity contribution is 0.861. The minimum Gasteiger partial charge on any atom is -0.352 e. The van der Waals surface area contributed by atoms with Crippen molar-refractivity contribution in [3.05, 3.63) is 0 Å². The number of rotatable bonds is 5. The van der Waals surface area contributed by atoms with Crippen LogP contribution in [0.1, 0.15) is 26.7 Å². The fraction of sp³-hybridized carbons (Fsp3) is 0.636. The molecule has 96 valence electrons. The average molecular weight is 247 g/mol. The van der Waals surface area contributed by atoms with E-state index in [1.54, 1.807) is 7.05 Å². The van der Waals surface area contributed by atoms with Crippen molar-refractivity contribution >= 4 is 17.8 Å². The van der Waals surface area contributed by atoms with Crippen LogP contribution in [0.2, 0.25) is 0 Å². The molecule has 7 heteroatoms. The van der Waals surface area contributed by atoms with Gasteiger partial charge in [-0.05, 0) is 26.7 Å². The van der Waals surface area contributed by atoms with Gasteiger partial charge in [-0.25, -0.2) is 0 Å². The Labute approximate surface area is 106 Å². The maximum atomic E-state index is 8.88. The highest BCUT2D eigenvalue weighted by molar-refractivity contribution is 5.46. The zero-order chi connectivity index (χ0) is 13.1. The molecule has 1 heterocycles. The van der Waals surface area contributed by atoms with Crippen LogP contribution in [0.3, 0.4) is 0 Å². The second-order valence-corrected chi connectivity index (χ2v) is 4.66. The summed E-state index contributed by atoms with van der Waals surface area (Å²) in [6.07, 6.45) is 4.26. The number of hydrogen-bond donors (Lipinski definition) is 2. The van der Waals surface area contributed by atoms with Crippen molar-refractivity contribution in [1.29, 1.82) is 5.26 Å². The Balaban J connectivity index is 2.25. The van der Waals surface area contributed by atoms with Crippen molar-refractivity contribution in [3.63, 3.8) is 0 Å². The van der Waals surface area contributed by atoms with Gasteiger partial charge in [-0.2, -0.15) is 20.2 Å². The van der Waals surface area contributed by atoms with Gasteiger partial charge in [-0.1, -0.05) is 0 Å². The highest BCUT2D eigenvalue weighted by atomic mass is 15.3. The molecule has 1 aromatic rings. The van der Waals surface area contributed by atoms with Crippen molar-refractivity contribution < 1.29 is 0 Å². The quantitative estimate of drug-likeness (QED) is 0.596. The third-order valence-electron chi connectivity index (χ3n) is 2.40. The highest BCUT2D eigenvalue weighted by Gasteiger charge is 2.23. The van der Waals surface area contributed by atoms with E-state index in [1.807, 2.05) is 20.0 Å². The van der Waals surface area contributed by atoms with E-state index in [0.29, 0.717) is 23.9 Å². The van der Waals surface area contributed by atoms with Gasteiger partial charge in [0.25, 0.3) is 0 Å². The third-order valence-corrected chi connectivity index (χ3v) is 2.40. The third kappa shape index (κ3) is 3.20. The van der Waals surface area contributed by atoms with Gasteiger partial charge in [-0.15, -0.1) is 0 Å². The largest absolute Gasteiger partial charge is 0.352 e. The molecule has 0 aliphatic heterocycles. The molecule has 0 unspecified atom stereocenters. The van der Waals surface area contributed by atoms with E-state index in [4.69, 9.17) is 5.26 Å². The first-order valence-electron chi connectivity index (χ1n) is 6.01. The molecule has 0 saturated heterocycles. The van der Waals surface area contributed by atoms with E-state index in [-0.39, 0.29) is 6.04 Å². The van der Waals surface area contributed by atoms with Gasteiger partial charge >= 0.3 is 0 Å². The van der Waals surface area contributed by atoms with Crippen LogP contribution >= 0.6 is 0 Å². The summed E-state index contributed by atoms with van der Waals surface area (Å²) in [5, 5.41) is 15.2. The number of aromatic nitrogens is 3. The van der Waals surface area contributed by atoms with Gasteiger partial charge in [0.2, 0.25) is 17.8 Å². The maximum absolute atomic E-state index is 8.88. The Morgan fingerprint density at radius 3 is 2.50 bits per heavy atom. The van der Waals surface area contributed by atoms with Crippen molar-refractivity contribution in [2.75, 3.05) is 22.6 Å². The number of nitriles is 1. The van der Waals surface area contributed by atoms with E-state index in [1.165, 1.54) is 4.90 Å². The molecule has 1 fully saturated rings. The molecule has 1 aromatic heterocycles. The molecule has 0 aromatic carbocycles. The molecular formula is C11H17N7. The summed E-state index contributed by atoms with van der Waals surface area (Å²) in [7, 11) is 1.62. The lowest BCUT2D eigenvalue weighted by Gasteiger charge is -2.13. The van der Waals surface area contributed by atoms with Crippen LogP contribution in [-0.2, 0) is 0 Å². The Bertz CT molecular complexity index is 439. The summed E-state index contributed by atoms with van der Waals surface area (Å²) in [6.45, 7) is 4.01. The number of nitrogens with zero attached hydrogens (tertiary/aromatic N) is 5. The van der Waals surface area contributed by atoms with E-state index in [2.05, 4.69) is 25.6 Å². The minimum absolute atomic E-state index is 0.224. The predicted octanol–water partition coefficient (Wildman–Crippen LogP) is 1.18. The Morgan fingerprint density at radius 2 is 1.94 bits per heavy atom. The van der Waals surface area contributed by atoms with E-state index in [0.717, 1.165) is 12.8 Å². The average Bonchev–Trinajstić information content (AvgIpc) is 3.10. The second-order valence-electron chi connectivity index (χ2n) is 4.66. The van der Waals surface area contributed by atoms with E-state index in [9.17, 15) is 0 Å². The molecule has 1 saturated carbocycles. The molecule has 1 aliphatic rings. The standard InChI is InChI=1S/C11H17N7/c1-7(2)13-9-15-10(14-8-4-5-8)17-11(16-9)18(3)6-12/h7-8H,4-5H2,1-3H3,(H2,13,14,15,16,17). The first-order chi connectivity index (χ1) is 8.58. The zero-order valence-electron chi connectivity index (χ0n) is 10.8. The lowest BCUT2D eigenvalue weighted by Crippen LogP contribution is -2.19. The SMILES string of the molecule is CC(C)Nc1nc(NC2CC2)nc(N(C)C#N)n1. The molecule has 0 amide bonds. The van der Waals surface area contributed by atoms with Crippen molar-refractivity contribution in [2.24, 2.45) is 0 Å². The van der Waals surface area contributed by atoms with Gasteiger partial charge < -0.3 is 10.6 Å². The van der Waals surface area contributed by atoms with Crippen molar-refractivity contribution in [3.8, 4) is 6.19 Å². The van der Waals surface area contributed by atoms with Crippen LogP contribution < -0.4 is 15.5 Å². The first kappa shape index (κ1) is 12.4. The van der Waals surface area contributed by atoms with Gasteiger partial charge in [0.15, 0.2) is 6.19 Å². The molecule has 7 nitrogen and oxygen atoms in total. The number of anilines is 3. The second kappa shape index (κ2) is 5.04. The van der Waals surface area contributed by atoms with Crippen LogP contribution in [0.25, 0.3) is 0 Å². The van der Waals surface area contributed by atoms with Crippen LogP contribution in [0, 0.1) is 11.5 Å². The summed E-state index contributed by atoms with van der Waals surface area (Å²) in [5.74, 6) is 1.35. The molecule has 0 bridgehead atoms. The van der Waals surface area contributed by atoms with E-state index >= 15 is 0 Å². The summed E-state index contributed by atoms with van der Waals surface area (Å²) in [5.41, 5.74) is 0. The molecule has 18 heavy (non-hydrogen) atoms. The molecule has 1 aliphatic carbocycles. The van der Waals surface area contributed by atoms with Crippen molar-refractivity contribution in [2.45, 2.75) is 38.8 Å². The fourth-order valence-electron chi connectivity index (χ4n) is 1.36. The number of hydrogen-bond acceptors (Lipinski definition) is 7. The Hall–Kier alpha value is -2.10. The van der Waals surface area contributed by atoms with Gasteiger partial charge in [0.1, 0.15) is 0 Å². The van der Waals surface area contributed by atoms with Gasteiger partial charge in [0.05, 0.1) is 0 Å².